The van der Waals surface area contributed by atoms with Crippen molar-refractivity contribution in [3.8, 4) is 5.75 Å². The standard InChI is InChI=1S/C13H18FNO3S/c1-8(15)13(4-5-13)9-6-10(14)12(19(3,16)17)11(7-9)18-2/h6-8H,4-5,15H2,1-3H3. The molecule has 0 aromatic heterocycles. The van der Waals surface area contributed by atoms with E-state index in [1.165, 1.54) is 13.2 Å². The van der Waals surface area contributed by atoms with E-state index < -0.39 is 15.7 Å². The predicted octanol–water partition coefficient (Wildman–Crippen LogP) is 1.62. The number of hydrogen-bond donors (Lipinski definition) is 1. The van der Waals surface area contributed by atoms with Crippen molar-refractivity contribution in [3.63, 3.8) is 0 Å². The van der Waals surface area contributed by atoms with Crippen molar-refractivity contribution < 1.29 is 17.5 Å². The second kappa shape index (κ2) is 4.45. The van der Waals surface area contributed by atoms with Crippen molar-refractivity contribution in [2.45, 2.75) is 36.1 Å². The van der Waals surface area contributed by atoms with Gasteiger partial charge in [-0.05, 0) is 37.5 Å². The summed E-state index contributed by atoms with van der Waals surface area (Å²) in [5, 5.41) is 0. The first kappa shape index (κ1) is 14.3. The van der Waals surface area contributed by atoms with Gasteiger partial charge in [0, 0.05) is 17.7 Å². The van der Waals surface area contributed by atoms with Crippen molar-refractivity contribution in [2.75, 3.05) is 13.4 Å². The summed E-state index contributed by atoms with van der Waals surface area (Å²) in [5.41, 5.74) is 6.42. The van der Waals surface area contributed by atoms with Gasteiger partial charge in [-0.25, -0.2) is 12.8 Å². The third-order valence-electron chi connectivity index (χ3n) is 3.84. The Hall–Kier alpha value is -1.14. The summed E-state index contributed by atoms with van der Waals surface area (Å²) in [6.07, 6.45) is 2.73. The van der Waals surface area contributed by atoms with Crippen LogP contribution in [-0.2, 0) is 15.3 Å². The Kier molecular flexibility index (Phi) is 3.35. The number of benzene rings is 1. The smallest absolute Gasteiger partial charge is 0.182 e. The van der Waals surface area contributed by atoms with Crippen LogP contribution in [0.25, 0.3) is 0 Å². The fourth-order valence-electron chi connectivity index (χ4n) is 2.51. The van der Waals surface area contributed by atoms with E-state index in [4.69, 9.17) is 10.5 Å². The van der Waals surface area contributed by atoms with Crippen LogP contribution in [0.3, 0.4) is 0 Å². The molecule has 106 valence electrons. The zero-order valence-corrected chi connectivity index (χ0v) is 12.1. The summed E-state index contributed by atoms with van der Waals surface area (Å²) in [4.78, 5) is -0.390. The van der Waals surface area contributed by atoms with Gasteiger partial charge in [0.1, 0.15) is 16.5 Å². The topological polar surface area (TPSA) is 69.4 Å². The number of ether oxygens (including phenoxy) is 1. The van der Waals surface area contributed by atoms with Crippen LogP contribution in [0.1, 0.15) is 25.3 Å². The zero-order chi connectivity index (χ0) is 14.4. The molecule has 1 unspecified atom stereocenters. The molecule has 0 bridgehead atoms. The Morgan fingerprint density at radius 3 is 2.37 bits per heavy atom. The lowest BCUT2D eigenvalue weighted by Crippen LogP contribution is -2.31. The van der Waals surface area contributed by atoms with Crippen LogP contribution in [0.2, 0.25) is 0 Å². The summed E-state index contributed by atoms with van der Waals surface area (Å²) >= 11 is 0. The van der Waals surface area contributed by atoms with Crippen LogP contribution < -0.4 is 10.5 Å². The number of nitrogens with two attached hydrogens (primary N) is 1. The van der Waals surface area contributed by atoms with Crippen LogP contribution in [0.5, 0.6) is 5.75 Å². The Morgan fingerprint density at radius 1 is 1.42 bits per heavy atom. The first-order valence-corrected chi connectivity index (χ1v) is 7.95. The second-order valence-electron chi connectivity index (χ2n) is 5.21. The van der Waals surface area contributed by atoms with Crippen LogP contribution in [0.4, 0.5) is 4.39 Å². The van der Waals surface area contributed by atoms with Crippen molar-refractivity contribution in [1.82, 2.24) is 0 Å². The Labute approximate surface area is 112 Å². The highest BCUT2D eigenvalue weighted by Crippen LogP contribution is 2.51. The first-order valence-electron chi connectivity index (χ1n) is 6.06. The molecule has 6 heteroatoms. The minimum atomic E-state index is -3.67. The maximum atomic E-state index is 14.1. The predicted molar refractivity (Wildman–Crippen MR) is 70.6 cm³/mol. The number of rotatable bonds is 4. The molecule has 0 aliphatic heterocycles. The average Bonchev–Trinajstić information content (AvgIpc) is 3.06. The molecule has 0 spiro atoms. The van der Waals surface area contributed by atoms with Gasteiger partial charge in [-0.3, -0.25) is 0 Å². The minimum absolute atomic E-state index is 0.0458. The van der Waals surface area contributed by atoms with E-state index in [-0.39, 0.29) is 22.1 Å². The fraction of sp³-hybridized carbons (Fsp3) is 0.538. The lowest BCUT2D eigenvalue weighted by atomic mass is 9.89. The first-order chi connectivity index (χ1) is 8.72. The molecule has 2 N–H and O–H groups in total. The second-order valence-corrected chi connectivity index (χ2v) is 7.16. The van der Waals surface area contributed by atoms with Gasteiger partial charge in [0.05, 0.1) is 7.11 Å². The lowest BCUT2D eigenvalue weighted by molar-refractivity contribution is 0.392. The molecule has 2 rings (SSSR count). The molecule has 0 saturated heterocycles. The third kappa shape index (κ3) is 2.34. The number of methoxy groups -OCH3 is 1. The normalized spacial score (nSPS) is 19.0. The Bertz CT molecular complexity index is 607. The number of sulfone groups is 1. The molecule has 1 aliphatic carbocycles. The molecule has 4 nitrogen and oxygen atoms in total. The van der Waals surface area contributed by atoms with Gasteiger partial charge in [0.2, 0.25) is 0 Å². The summed E-state index contributed by atoms with van der Waals surface area (Å²) in [7, 11) is -2.34. The van der Waals surface area contributed by atoms with E-state index in [1.807, 2.05) is 6.92 Å². The monoisotopic (exact) mass is 287 g/mol. The van der Waals surface area contributed by atoms with Crippen molar-refractivity contribution >= 4 is 9.84 Å². The van der Waals surface area contributed by atoms with Crippen molar-refractivity contribution in [1.29, 1.82) is 0 Å². The van der Waals surface area contributed by atoms with E-state index >= 15 is 0 Å². The van der Waals surface area contributed by atoms with E-state index in [9.17, 15) is 12.8 Å². The maximum Gasteiger partial charge on any atom is 0.182 e. The highest BCUT2D eigenvalue weighted by molar-refractivity contribution is 7.90. The molecule has 19 heavy (non-hydrogen) atoms. The lowest BCUT2D eigenvalue weighted by Gasteiger charge is -2.21. The fourth-order valence-corrected chi connectivity index (χ4v) is 3.43. The molecule has 1 aromatic rings. The average molecular weight is 287 g/mol. The molecule has 1 atom stereocenters. The Morgan fingerprint density at radius 2 is 2.00 bits per heavy atom. The van der Waals surface area contributed by atoms with Gasteiger partial charge in [-0.1, -0.05) is 0 Å². The van der Waals surface area contributed by atoms with Gasteiger partial charge in [0.25, 0.3) is 0 Å². The molecular weight excluding hydrogens is 269 g/mol. The molecule has 0 radical (unpaired) electrons. The number of hydrogen-bond acceptors (Lipinski definition) is 4. The molecule has 1 saturated carbocycles. The molecule has 0 amide bonds. The van der Waals surface area contributed by atoms with Crippen molar-refractivity contribution in [2.24, 2.45) is 5.73 Å². The molecule has 0 heterocycles. The highest BCUT2D eigenvalue weighted by Gasteiger charge is 2.48. The van der Waals surface area contributed by atoms with Gasteiger partial charge in [0.15, 0.2) is 9.84 Å². The van der Waals surface area contributed by atoms with Gasteiger partial charge in [-0.15, -0.1) is 0 Å². The van der Waals surface area contributed by atoms with Crippen molar-refractivity contribution in [3.05, 3.63) is 23.5 Å². The van der Waals surface area contributed by atoms with Gasteiger partial charge in [-0.2, -0.15) is 0 Å². The molecule has 1 aliphatic rings. The summed E-state index contributed by atoms with van der Waals surface area (Å²) in [6.45, 7) is 1.88. The van der Waals surface area contributed by atoms with E-state index in [1.54, 1.807) is 6.07 Å². The molecule has 1 aromatic carbocycles. The summed E-state index contributed by atoms with van der Waals surface area (Å²) in [5.74, 6) is -0.729. The summed E-state index contributed by atoms with van der Waals surface area (Å²) in [6, 6.07) is 2.76. The largest absolute Gasteiger partial charge is 0.495 e. The quantitative estimate of drug-likeness (QED) is 0.913. The SMILES string of the molecule is COc1cc(C2(C(C)N)CC2)cc(F)c1S(C)(=O)=O. The van der Waals surface area contributed by atoms with Crippen LogP contribution >= 0.6 is 0 Å². The van der Waals surface area contributed by atoms with Gasteiger partial charge < -0.3 is 10.5 Å². The molecular formula is C13H18FNO3S. The summed E-state index contributed by atoms with van der Waals surface area (Å²) < 4.78 is 42.3. The zero-order valence-electron chi connectivity index (χ0n) is 11.2. The van der Waals surface area contributed by atoms with E-state index in [2.05, 4.69) is 0 Å². The van der Waals surface area contributed by atoms with Gasteiger partial charge >= 0.3 is 0 Å². The van der Waals surface area contributed by atoms with E-state index in [0.29, 0.717) is 5.56 Å². The molecule has 1 fully saturated rings. The van der Waals surface area contributed by atoms with Crippen LogP contribution in [-0.4, -0.2) is 27.8 Å². The Balaban J connectivity index is 2.62. The third-order valence-corrected chi connectivity index (χ3v) is 4.97. The maximum absolute atomic E-state index is 14.1. The van der Waals surface area contributed by atoms with Crippen LogP contribution in [0.15, 0.2) is 17.0 Å². The highest BCUT2D eigenvalue weighted by atomic mass is 32.2. The number of halogens is 1. The van der Waals surface area contributed by atoms with E-state index in [0.717, 1.165) is 19.1 Å². The van der Waals surface area contributed by atoms with Crippen LogP contribution in [0, 0.1) is 5.82 Å². The minimum Gasteiger partial charge on any atom is -0.495 e.